The maximum atomic E-state index is 11.9. The lowest BCUT2D eigenvalue weighted by Crippen LogP contribution is -2.57. The molecule has 34 heavy (non-hydrogen) atoms. The fraction of sp³-hybridized carbons (Fsp3) is 0.464. The van der Waals surface area contributed by atoms with Gasteiger partial charge in [-0.2, -0.15) is 0 Å². The SMILES string of the molecule is COC(=O)c1ccc2c(c1)OC[C@@H]1CN(CC3=C(c4ccc(Cl)cc4)CCC(C)(C)C3)CCN21. The number of fused-ring (bicyclic) bond motifs is 3. The maximum Gasteiger partial charge on any atom is 0.337 e. The van der Waals surface area contributed by atoms with Gasteiger partial charge in [-0.05, 0) is 66.1 Å². The van der Waals surface area contributed by atoms with Gasteiger partial charge in [-0.1, -0.05) is 43.2 Å². The first-order chi connectivity index (χ1) is 16.3. The lowest BCUT2D eigenvalue weighted by Gasteiger charge is -2.46. The molecule has 3 aliphatic rings. The van der Waals surface area contributed by atoms with E-state index >= 15 is 0 Å². The number of carbonyl (C=O) groups excluding carboxylic acids is 1. The highest BCUT2D eigenvalue weighted by molar-refractivity contribution is 6.30. The Morgan fingerprint density at radius 2 is 1.97 bits per heavy atom. The summed E-state index contributed by atoms with van der Waals surface area (Å²) in [5, 5.41) is 0.787. The summed E-state index contributed by atoms with van der Waals surface area (Å²) in [6.45, 7) is 9.33. The molecule has 0 unspecified atom stereocenters. The Morgan fingerprint density at radius 3 is 2.74 bits per heavy atom. The molecule has 0 spiro atoms. The van der Waals surface area contributed by atoms with Gasteiger partial charge in [-0.15, -0.1) is 0 Å². The zero-order valence-electron chi connectivity index (χ0n) is 20.3. The molecule has 6 heteroatoms. The molecule has 0 aromatic heterocycles. The van der Waals surface area contributed by atoms with Crippen LogP contribution >= 0.6 is 11.6 Å². The lowest BCUT2D eigenvalue weighted by atomic mass is 9.72. The van der Waals surface area contributed by atoms with E-state index in [1.165, 1.54) is 24.7 Å². The smallest absolute Gasteiger partial charge is 0.337 e. The van der Waals surface area contributed by atoms with Crippen LogP contribution in [0.5, 0.6) is 5.75 Å². The van der Waals surface area contributed by atoms with Crippen molar-refractivity contribution < 1.29 is 14.3 Å². The van der Waals surface area contributed by atoms with Crippen LogP contribution < -0.4 is 9.64 Å². The average Bonchev–Trinajstić information content (AvgIpc) is 2.83. The van der Waals surface area contributed by atoms with Crippen molar-refractivity contribution in [2.45, 2.75) is 39.2 Å². The molecular weight excluding hydrogens is 448 g/mol. The number of benzene rings is 2. The number of esters is 1. The molecule has 0 bridgehead atoms. The molecule has 1 fully saturated rings. The Hall–Kier alpha value is -2.50. The van der Waals surface area contributed by atoms with Crippen molar-refractivity contribution in [1.82, 2.24) is 4.90 Å². The largest absolute Gasteiger partial charge is 0.489 e. The van der Waals surface area contributed by atoms with E-state index in [2.05, 4.69) is 35.8 Å². The summed E-state index contributed by atoms with van der Waals surface area (Å²) in [5.41, 5.74) is 6.30. The summed E-state index contributed by atoms with van der Waals surface area (Å²) in [7, 11) is 1.40. The van der Waals surface area contributed by atoms with Crippen LogP contribution in [0.4, 0.5) is 5.69 Å². The average molecular weight is 481 g/mol. The van der Waals surface area contributed by atoms with Crippen LogP contribution in [0.1, 0.15) is 49.0 Å². The standard InChI is InChI=1S/C28H33ClN2O3/c1-28(2)11-10-24(19-4-7-22(29)8-5-19)21(15-28)16-30-12-13-31-23(17-30)18-34-26-14-20(27(32)33-3)6-9-25(26)31/h4-9,14,23H,10-13,15-18H2,1-3H3/t23-/m0/s1. The molecule has 0 saturated carbocycles. The second-order valence-corrected chi connectivity index (χ2v) is 10.9. The van der Waals surface area contributed by atoms with E-state index in [1.54, 1.807) is 11.6 Å². The highest BCUT2D eigenvalue weighted by atomic mass is 35.5. The van der Waals surface area contributed by atoms with Gasteiger partial charge in [0.1, 0.15) is 12.4 Å². The first-order valence-corrected chi connectivity index (χ1v) is 12.5. The number of hydrogen-bond donors (Lipinski definition) is 0. The van der Waals surface area contributed by atoms with Crippen molar-refractivity contribution in [1.29, 1.82) is 0 Å². The summed E-state index contributed by atoms with van der Waals surface area (Å²) in [6, 6.07) is 14.3. The fourth-order valence-electron chi connectivity index (χ4n) is 5.65. The predicted octanol–water partition coefficient (Wildman–Crippen LogP) is 5.67. The van der Waals surface area contributed by atoms with Crippen molar-refractivity contribution in [3.05, 3.63) is 64.2 Å². The van der Waals surface area contributed by atoms with E-state index in [-0.39, 0.29) is 5.97 Å². The zero-order chi connectivity index (χ0) is 23.9. The molecule has 1 aliphatic carbocycles. The number of methoxy groups -OCH3 is 1. The summed E-state index contributed by atoms with van der Waals surface area (Å²) in [4.78, 5) is 16.9. The minimum atomic E-state index is -0.335. The van der Waals surface area contributed by atoms with Crippen LogP contribution in [0.3, 0.4) is 0 Å². The molecule has 1 saturated heterocycles. The number of rotatable bonds is 4. The highest BCUT2D eigenvalue weighted by Crippen LogP contribution is 2.43. The van der Waals surface area contributed by atoms with Crippen LogP contribution in [0.15, 0.2) is 48.0 Å². The molecule has 0 N–H and O–H groups in total. The van der Waals surface area contributed by atoms with E-state index in [4.69, 9.17) is 21.1 Å². The van der Waals surface area contributed by atoms with Crippen molar-refractivity contribution >= 4 is 28.8 Å². The van der Waals surface area contributed by atoms with Gasteiger partial charge in [-0.3, -0.25) is 4.90 Å². The van der Waals surface area contributed by atoms with Crippen LogP contribution in [0, 0.1) is 5.41 Å². The molecule has 2 heterocycles. The fourth-order valence-corrected chi connectivity index (χ4v) is 5.78. The number of piperazine rings is 1. The number of carbonyl (C=O) groups is 1. The Morgan fingerprint density at radius 1 is 1.18 bits per heavy atom. The van der Waals surface area contributed by atoms with Gasteiger partial charge in [0, 0.05) is 31.2 Å². The topological polar surface area (TPSA) is 42.0 Å². The van der Waals surface area contributed by atoms with E-state index in [9.17, 15) is 4.79 Å². The van der Waals surface area contributed by atoms with Crippen LogP contribution in [0.25, 0.3) is 5.57 Å². The van der Waals surface area contributed by atoms with Crippen molar-refractivity contribution in [2.24, 2.45) is 5.41 Å². The Labute approximate surface area is 207 Å². The Bertz CT molecular complexity index is 1110. The third-order valence-corrected chi connectivity index (χ3v) is 7.72. The van der Waals surface area contributed by atoms with Gasteiger partial charge in [0.2, 0.25) is 0 Å². The first kappa shape index (κ1) is 23.3. The van der Waals surface area contributed by atoms with Gasteiger partial charge >= 0.3 is 5.97 Å². The number of halogens is 1. The van der Waals surface area contributed by atoms with E-state index in [1.807, 2.05) is 24.3 Å². The Balaban J connectivity index is 1.34. The predicted molar refractivity (Wildman–Crippen MR) is 137 cm³/mol. The number of hydrogen-bond acceptors (Lipinski definition) is 5. The molecule has 5 rings (SSSR count). The van der Waals surface area contributed by atoms with Gasteiger partial charge in [-0.25, -0.2) is 4.79 Å². The van der Waals surface area contributed by atoms with E-state index in [0.29, 0.717) is 23.6 Å². The highest BCUT2D eigenvalue weighted by Gasteiger charge is 2.35. The number of nitrogens with zero attached hydrogens (tertiary/aromatic N) is 2. The van der Waals surface area contributed by atoms with Crippen molar-refractivity contribution in [3.8, 4) is 5.75 Å². The molecule has 180 valence electrons. The minimum Gasteiger partial charge on any atom is -0.489 e. The molecule has 2 aromatic rings. The van der Waals surface area contributed by atoms with Crippen LogP contribution in [-0.2, 0) is 4.74 Å². The third-order valence-electron chi connectivity index (χ3n) is 7.47. The summed E-state index contributed by atoms with van der Waals surface area (Å²) in [5.74, 6) is 0.438. The van der Waals surface area contributed by atoms with Gasteiger partial charge in [0.25, 0.3) is 0 Å². The van der Waals surface area contributed by atoms with Crippen LogP contribution in [-0.4, -0.2) is 56.8 Å². The molecule has 2 aliphatic heterocycles. The summed E-state index contributed by atoms with van der Waals surface area (Å²) in [6.07, 6.45) is 3.46. The van der Waals surface area contributed by atoms with E-state index in [0.717, 1.165) is 55.5 Å². The van der Waals surface area contributed by atoms with Gasteiger partial charge in [0.15, 0.2) is 0 Å². The monoisotopic (exact) mass is 480 g/mol. The van der Waals surface area contributed by atoms with Crippen LogP contribution in [0.2, 0.25) is 5.02 Å². The normalized spacial score (nSPS) is 22.0. The maximum absolute atomic E-state index is 11.9. The molecule has 1 atom stereocenters. The Kier molecular flexibility index (Phi) is 6.34. The number of allylic oxidation sites excluding steroid dienone is 1. The first-order valence-electron chi connectivity index (χ1n) is 12.1. The molecule has 5 nitrogen and oxygen atoms in total. The lowest BCUT2D eigenvalue weighted by molar-refractivity contribution is 0.0600. The molecule has 2 aromatic carbocycles. The molecule has 0 radical (unpaired) electrons. The van der Waals surface area contributed by atoms with E-state index < -0.39 is 0 Å². The zero-order valence-corrected chi connectivity index (χ0v) is 21.0. The quantitative estimate of drug-likeness (QED) is 0.527. The van der Waals surface area contributed by atoms with Crippen molar-refractivity contribution in [3.63, 3.8) is 0 Å². The number of ether oxygens (including phenoxy) is 2. The second-order valence-electron chi connectivity index (χ2n) is 10.5. The molecule has 0 amide bonds. The van der Waals surface area contributed by atoms with Gasteiger partial charge in [0.05, 0.1) is 24.4 Å². The number of anilines is 1. The summed E-state index contributed by atoms with van der Waals surface area (Å²) >= 11 is 6.16. The minimum absolute atomic E-state index is 0.307. The van der Waals surface area contributed by atoms with Gasteiger partial charge < -0.3 is 14.4 Å². The summed E-state index contributed by atoms with van der Waals surface area (Å²) < 4.78 is 11.0. The third kappa shape index (κ3) is 4.69. The van der Waals surface area contributed by atoms with Crippen molar-refractivity contribution in [2.75, 3.05) is 44.8 Å². The second kappa shape index (κ2) is 9.27. The molecular formula is C28H33ClN2O3.